The first-order chi connectivity index (χ1) is 11.0. The maximum absolute atomic E-state index is 12.3. The summed E-state index contributed by atoms with van der Waals surface area (Å²) in [5.41, 5.74) is 1.86. The van der Waals surface area contributed by atoms with Crippen LogP contribution in [0, 0.1) is 0 Å². The molecule has 0 unspecified atom stereocenters. The van der Waals surface area contributed by atoms with Gasteiger partial charge in [-0.15, -0.1) is 0 Å². The topological polar surface area (TPSA) is 79.3 Å². The number of hydrogen-bond donors (Lipinski definition) is 2. The third kappa shape index (κ3) is 3.22. The Bertz CT molecular complexity index is 925. The molecule has 1 heterocycles. The summed E-state index contributed by atoms with van der Waals surface area (Å²) in [4.78, 5) is 27.3. The van der Waals surface area contributed by atoms with Crippen molar-refractivity contribution in [1.82, 2.24) is 4.98 Å². The molecule has 0 bridgehead atoms. The minimum Gasteiger partial charge on any atom is -0.478 e. The van der Waals surface area contributed by atoms with E-state index >= 15 is 0 Å². The average Bonchev–Trinajstić information content (AvgIpc) is 2.54. The van der Waals surface area contributed by atoms with Crippen molar-refractivity contribution in [2.45, 2.75) is 0 Å². The van der Waals surface area contributed by atoms with Gasteiger partial charge in [0.15, 0.2) is 0 Å². The van der Waals surface area contributed by atoms with Crippen molar-refractivity contribution < 1.29 is 14.7 Å². The van der Waals surface area contributed by atoms with E-state index in [1.165, 1.54) is 6.20 Å². The van der Waals surface area contributed by atoms with Crippen LogP contribution in [0.2, 0.25) is 0 Å². The third-order valence-corrected chi connectivity index (χ3v) is 4.00. The number of hydrogen-bond acceptors (Lipinski definition) is 3. The second-order valence-corrected chi connectivity index (χ2v) is 5.72. The number of carbonyl (C=O) groups is 2. The largest absolute Gasteiger partial charge is 0.478 e. The fourth-order valence-corrected chi connectivity index (χ4v) is 2.62. The van der Waals surface area contributed by atoms with E-state index in [1.54, 1.807) is 42.5 Å². The highest BCUT2D eigenvalue weighted by Gasteiger charge is 2.10. The molecule has 0 aliphatic heterocycles. The Kier molecular flexibility index (Phi) is 4.08. The van der Waals surface area contributed by atoms with Crippen molar-refractivity contribution in [1.29, 1.82) is 0 Å². The normalized spacial score (nSPS) is 10.5. The van der Waals surface area contributed by atoms with E-state index in [4.69, 9.17) is 5.11 Å². The zero-order valence-corrected chi connectivity index (χ0v) is 13.4. The Morgan fingerprint density at radius 3 is 2.61 bits per heavy atom. The Morgan fingerprint density at radius 1 is 1.09 bits per heavy atom. The van der Waals surface area contributed by atoms with Crippen LogP contribution in [-0.4, -0.2) is 22.0 Å². The molecule has 2 aromatic carbocycles. The smallest absolute Gasteiger partial charge is 0.337 e. The maximum atomic E-state index is 12.3. The molecule has 0 atom stereocenters. The molecule has 5 nitrogen and oxygen atoms in total. The molecule has 3 aromatic rings. The number of benzene rings is 2. The number of carboxylic acids is 1. The predicted molar refractivity (Wildman–Crippen MR) is 90.8 cm³/mol. The number of amides is 1. The number of aromatic carboxylic acids is 1. The Labute approximate surface area is 140 Å². The molecular formula is C17H11BrN2O3. The van der Waals surface area contributed by atoms with Gasteiger partial charge in [-0.05, 0) is 46.3 Å². The number of nitrogens with one attached hydrogen (secondary N) is 1. The molecule has 0 fully saturated rings. The van der Waals surface area contributed by atoms with Gasteiger partial charge in [0.05, 0.1) is 16.6 Å². The maximum Gasteiger partial charge on any atom is 0.337 e. The van der Waals surface area contributed by atoms with Crippen LogP contribution in [0.15, 0.2) is 59.2 Å². The highest BCUT2D eigenvalue weighted by atomic mass is 79.9. The van der Waals surface area contributed by atoms with Gasteiger partial charge in [0.25, 0.3) is 5.91 Å². The number of pyridine rings is 1. The van der Waals surface area contributed by atoms with Crippen LogP contribution in [0.1, 0.15) is 20.7 Å². The standard InChI is InChI=1S/C17H11BrN2O3/c18-14-4-2-1-3-13(14)16(21)20-12-6-5-10-7-11(17(22)23)9-19-15(10)8-12/h1-9H,(H,20,21)(H,22,23). The van der Waals surface area contributed by atoms with Gasteiger partial charge in [-0.25, -0.2) is 4.79 Å². The first-order valence-electron chi connectivity index (χ1n) is 6.73. The lowest BCUT2D eigenvalue weighted by molar-refractivity contribution is 0.0696. The number of rotatable bonds is 3. The molecule has 2 N–H and O–H groups in total. The average molecular weight is 371 g/mol. The molecule has 6 heteroatoms. The van der Waals surface area contributed by atoms with Crippen molar-refractivity contribution >= 4 is 44.4 Å². The van der Waals surface area contributed by atoms with Crippen LogP contribution in [0.25, 0.3) is 10.9 Å². The molecule has 0 radical (unpaired) electrons. The van der Waals surface area contributed by atoms with Crippen LogP contribution < -0.4 is 5.32 Å². The van der Waals surface area contributed by atoms with Crippen LogP contribution in [0.5, 0.6) is 0 Å². The van der Waals surface area contributed by atoms with Crippen LogP contribution in [0.3, 0.4) is 0 Å². The summed E-state index contributed by atoms with van der Waals surface area (Å²) in [6.45, 7) is 0. The molecule has 114 valence electrons. The van der Waals surface area contributed by atoms with Crippen molar-refractivity contribution in [2.24, 2.45) is 0 Å². The molecule has 0 spiro atoms. The molecule has 23 heavy (non-hydrogen) atoms. The molecule has 1 aromatic heterocycles. The van der Waals surface area contributed by atoms with Gasteiger partial charge in [0.1, 0.15) is 0 Å². The Hall–Kier alpha value is -2.73. The van der Waals surface area contributed by atoms with E-state index in [1.807, 2.05) is 6.07 Å². The van der Waals surface area contributed by atoms with E-state index in [-0.39, 0.29) is 11.5 Å². The number of carbonyl (C=O) groups excluding carboxylic acids is 1. The van der Waals surface area contributed by atoms with E-state index in [9.17, 15) is 9.59 Å². The van der Waals surface area contributed by atoms with Crippen molar-refractivity contribution in [3.8, 4) is 0 Å². The summed E-state index contributed by atoms with van der Waals surface area (Å²) in [7, 11) is 0. The number of anilines is 1. The van der Waals surface area contributed by atoms with Crippen LogP contribution in [0.4, 0.5) is 5.69 Å². The second-order valence-electron chi connectivity index (χ2n) is 4.87. The summed E-state index contributed by atoms with van der Waals surface area (Å²) in [5, 5.41) is 12.5. The highest BCUT2D eigenvalue weighted by molar-refractivity contribution is 9.10. The first-order valence-corrected chi connectivity index (χ1v) is 7.53. The summed E-state index contributed by atoms with van der Waals surface area (Å²) < 4.78 is 0.711. The minimum absolute atomic E-state index is 0.127. The van der Waals surface area contributed by atoms with Gasteiger partial charge in [-0.3, -0.25) is 9.78 Å². The molecule has 0 aliphatic carbocycles. The van der Waals surface area contributed by atoms with E-state index in [0.29, 0.717) is 26.6 Å². The van der Waals surface area contributed by atoms with Crippen molar-refractivity contribution in [2.75, 3.05) is 5.32 Å². The summed E-state index contributed by atoms with van der Waals surface area (Å²) >= 11 is 3.34. The number of nitrogens with zero attached hydrogens (tertiary/aromatic N) is 1. The zero-order valence-electron chi connectivity index (χ0n) is 11.8. The van der Waals surface area contributed by atoms with Gasteiger partial charge < -0.3 is 10.4 Å². The lowest BCUT2D eigenvalue weighted by Crippen LogP contribution is -2.12. The van der Waals surface area contributed by atoms with E-state index in [0.717, 1.165) is 0 Å². The van der Waals surface area contributed by atoms with Crippen molar-refractivity contribution in [3.63, 3.8) is 0 Å². The summed E-state index contributed by atoms with van der Waals surface area (Å²) in [6, 6.07) is 13.8. The number of aromatic nitrogens is 1. The van der Waals surface area contributed by atoms with Crippen LogP contribution >= 0.6 is 15.9 Å². The van der Waals surface area contributed by atoms with E-state index in [2.05, 4.69) is 26.2 Å². The molecule has 3 rings (SSSR count). The molecular weight excluding hydrogens is 360 g/mol. The van der Waals surface area contributed by atoms with Gasteiger partial charge in [-0.2, -0.15) is 0 Å². The SMILES string of the molecule is O=C(O)c1cnc2cc(NC(=O)c3ccccc3Br)ccc2c1. The third-order valence-electron chi connectivity index (χ3n) is 3.31. The lowest BCUT2D eigenvalue weighted by Gasteiger charge is -2.08. The summed E-state index contributed by atoms with van der Waals surface area (Å²) in [6.07, 6.45) is 1.30. The Balaban J connectivity index is 1.89. The number of carboxylic acid groups (broad SMARTS) is 1. The minimum atomic E-state index is -1.02. The molecule has 0 aliphatic rings. The fraction of sp³-hybridized carbons (Fsp3) is 0. The molecule has 0 saturated carbocycles. The van der Waals surface area contributed by atoms with Crippen molar-refractivity contribution in [3.05, 3.63) is 70.3 Å². The van der Waals surface area contributed by atoms with Gasteiger partial charge >= 0.3 is 5.97 Å². The number of fused-ring (bicyclic) bond motifs is 1. The fourth-order valence-electron chi connectivity index (χ4n) is 2.16. The first kappa shape index (κ1) is 15.2. The highest BCUT2D eigenvalue weighted by Crippen LogP contribution is 2.21. The summed E-state index contributed by atoms with van der Waals surface area (Å²) in [5.74, 6) is -1.26. The number of halogens is 1. The molecule has 1 amide bonds. The van der Waals surface area contributed by atoms with E-state index < -0.39 is 5.97 Å². The molecule has 0 saturated heterocycles. The second kappa shape index (κ2) is 6.18. The quantitative estimate of drug-likeness (QED) is 0.731. The lowest BCUT2D eigenvalue weighted by atomic mass is 10.1. The van der Waals surface area contributed by atoms with Gasteiger partial charge in [-0.1, -0.05) is 18.2 Å². The Morgan fingerprint density at radius 2 is 1.87 bits per heavy atom. The van der Waals surface area contributed by atoms with Gasteiger partial charge in [0.2, 0.25) is 0 Å². The monoisotopic (exact) mass is 370 g/mol. The predicted octanol–water partition coefficient (Wildman–Crippen LogP) is 3.95. The zero-order chi connectivity index (χ0) is 16.4. The van der Waals surface area contributed by atoms with Gasteiger partial charge in [0, 0.05) is 21.7 Å². The van der Waals surface area contributed by atoms with Crippen LogP contribution in [-0.2, 0) is 0 Å².